The smallest absolute Gasteiger partial charge is 0.397 e. The quantitative estimate of drug-likeness (QED) is 0.0405. The average Bonchev–Trinajstić information content (AvgIpc) is 3.82. The number of carbonyl (C=O) groups is 2. The molecular formula is C52H64FN3O11P+. The van der Waals surface area contributed by atoms with Gasteiger partial charge < -0.3 is 34.3 Å². The number of benzene rings is 2. The van der Waals surface area contributed by atoms with E-state index in [0.717, 1.165) is 58.2 Å². The molecule has 2 heterocycles. The van der Waals surface area contributed by atoms with Crippen molar-refractivity contribution < 1.29 is 61.8 Å². The number of nitrogens with zero attached hydrogens (tertiary/aromatic N) is 2. The topological polar surface area (TPSA) is 209 Å². The number of phosphoric acid groups is 1. The lowest BCUT2D eigenvalue weighted by molar-refractivity contribution is -0.597. The Bertz CT molecular complexity index is 2480. The predicted molar refractivity (Wildman–Crippen MR) is 248 cm³/mol. The van der Waals surface area contributed by atoms with Gasteiger partial charge in [-0.1, -0.05) is 67.8 Å². The van der Waals surface area contributed by atoms with Gasteiger partial charge in [0.1, 0.15) is 0 Å². The van der Waals surface area contributed by atoms with Crippen molar-refractivity contribution in [3.05, 3.63) is 114 Å². The van der Waals surface area contributed by atoms with E-state index in [4.69, 9.17) is 18.7 Å². The van der Waals surface area contributed by atoms with Crippen LogP contribution in [0, 0.1) is 34.0 Å². The molecule has 0 spiro atoms. The molecule has 5 aliphatic rings. The molecule has 0 bridgehead atoms. The molecule has 5 N–H and O–H groups in total. The Kier molecular flexibility index (Phi) is 15.0. The standard InChI is InChI=1S/C52H63FN3O11P/c1-49-23-21-39(57)30-38(49)18-19-40-41-31-47-52(45(59)22-24-54,50(41,2)32-46(60)51(40,49)53)66-48(65-47)37-16-12-26-56(34-37)42-29-36(17-20-44(42)67-68(61,62)63)43(58)33-55-25-9-3-4-10-27-64-28-11-8-15-35-13-6-5-7-14-35/h5-7,12-14,16-17,20-21,23,26,29-30,34,40-41,43,46-48,55,58,60H,3-4,8-11,15,18-19,22,25,27-28,31-33H2,1-2H3,(H-,61,62,63)/p+1/t40-,41-,43?,46-,47+,48+,49-,50-,51-,52+/m0/s1. The number of aryl methyl sites for hydroxylation is 1. The molecule has 1 saturated heterocycles. The van der Waals surface area contributed by atoms with Gasteiger partial charge in [-0.15, -0.1) is 0 Å². The van der Waals surface area contributed by atoms with Gasteiger partial charge in [-0.25, -0.2) is 8.96 Å². The Morgan fingerprint density at radius 1 is 1.04 bits per heavy atom. The van der Waals surface area contributed by atoms with E-state index in [1.54, 1.807) is 48.2 Å². The first-order valence-electron chi connectivity index (χ1n) is 24.0. The second-order valence-corrected chi connectivity index (χ2v) is 20.8. The van der Waals surface area contributed by atoms with Crippen LogP contribution in [-0.2, 0) is 34.8 Å². The number of nitrogens with one attached hydrogen (secondary N) is 1. The van der Waals surface area contributed by atoms with Crippen LogP contribution in [0.25, 0.3) is 5.69 Å². The van der Waals surface area contributed by atoms with Gasteiger partial charge in [0.2, 0.25) is 5.75 Å². The van der Waals surface area contributed by atoms with E-state index in [2.05, 4.69) is 29.6 Å². The summed E-state index contributed by atoms with van der Waals surface area (Å²) in [4.78, 5) is 46.4. The molecule has 10 atom stereocenters. The first-order valence-corrected chi connectivity index (χ1v) is 25.5. The summed E-state index contributed by atoms with van der Waals surface area (Å²) < 4.78 is 56.0. The molecule has 4 fully saturated rings. The lowest BCUT2D eigenvalue weighted by Gasteiger charge is -2.62. The Hall–Kier alpha value is -4.46. The first kappa shape index (κ1) is 49.9. The SMILES string of the molecule is C[C@]12C=CC(=O)C=C1CC[C@H]1[C@@H]3C[C@H]4O[C@@H](c5ccc[n+](-c6cc(C(O)CNCCCCCCOCCCCc7ccccc7)ccc6OP(=O)(O)O)c5)O[C@@]4(C(=O)CC#N)[C@@]3(C)C[C@H](O)[C@@]12F. The minimum absolute atomic E-state index is 0.160. The number of Topliss-reactive ketones (excluding diaryl/α,β-unsaturated/α-hetero) is 1. The number of aromatic nitrogens is 1. The molecule has 1 aliphatic heterocycles. The maximum Gasteiger partial charge on any atom is 0.525 e. The van der Waals surface area contributed by atoms with E-state index in [9.17, 15) is 39.4 Å². The first-order chi connectivity index (χ1) is 32.5. The van der Waals surface area contributed by atoms with Crippen LogP contribution in [0.3, 0.4) is 0 Å². The van der Waals surface area contributed by atoms with Crippen LogP contribution in [0.4, 0.5) is 4.39 Å². The Morgan fingerprint density at radius 3 is 2.57 bits per heavy atom. The number of ether oxygens (including phenoxy) is 3. The third-order valence-corrected chi connectivity index (χ3v) is 16.0. The summed E-state index contributed by atoms with van der Waals surface area (Å²) >= 11 is 0. The van der Waals surface area contributed by atoms with Crippen molar-refractivity contribution in [2.24, 2.45) is 22.7 Å². The summed E-state index contributed by atoms with van der Waals surface area (Å²) in [7, 11) is -5.03. The van der Waals surface area contributed by atoms with E-state index < -0.39 is 78.6 Å². The molecule has 68 heavy (non-hydrogen) atoms. The van der Waals surface area contributed by atoms with Crippen molar-refractivity contribution >= 4 is 19.4 Å². The number of alkyl halides is 1. The van der Waals surface area contributed by atoms with Gasteiger partial charge in [0.15, 0.2) is 41.5 Å². The number of phosphoric ester groups is 1. The molecule has 14 nitrogen and oxygen atoms in total. The molecule has 4 aliphatic carbocycles. The zero-order chi connectivity index (χ0) is 48.3. The number of halogens is 1. The largest absolute Gasteiger partial charge is 0.525 e. The van der Waals surface area contributed by atoms with Crippen LogP contribution in [-0.4, -0.2) is 81.3 Å². The normalized spacial score (nSPS) is 30.9. The molecule has 3 saturated carbocycles. The molecule has 1 unspecified atom stereocenters. The van der Waals surface area contributed by atoms with Crippen LogP contribution < -0.4 is 14.4 Å². The van der Waals surface area contributed by atoms with Crippen molar-refractivity contribution in [1.29, 1.82) is 5.26 Å². The second kappa shape index (κ2) is 20.5. The van der Waals surface area contributed by atoms with E-state index >= 15 is 4.39 Å². The predicted octanol–water partition coefficient (Wildman–Crippen LogP) is 7.27. The molecule has 2 aromatic carbocycles. The van der Waals surface area contributed by atoms with Crippen molar-refractivity contribution in [3.8, 4) is 17.5 Å². The minimum Gasteiger partial charge on any atom is -0.397 e. The zero-order valence-electron chi connectivity index (χ0n) is 38.8. The highest BCUT2D eigenvalue weighted by Crippen LogP contribution is 2.72. The van der Waals surface area contributed by atoms with Gasteiger partial charge in [-0.3, -0.25) is 19.4 Å². The molecule has 0 amide bonds. The number of pyridine rings is 1. The number of hydrogen-bond acceptors (Lipinski definition) is 11. The second-order valence-electron chi connectivity index (χ2n) is 19.6. The molecule has 3 aromatic rings. The van der Waals surface area contributed by atoms with Crippen molar-refractivity contribution in [3.63, 3.8) is 0 Å². The third kappa shape index (κ3) is 9.57. The number of unbranched alkanes of at least 4 members (excludes halogenated alkanes) is 4. The number of hydrogen-bond donors (Lipinski definition) is 5. The third-order valence-electron chi connectivity index (χ3n) is 15.6. The Labute approximate surface area is 397 Å². The van der Waals surface area contributed by atoms with Crippen LogP contribution in [0.15, 0.2) is 96.9 Å². The van der Waals surface area contributed by atoms with Gasteiger partial charge >= 0.3 is 7.82 Å². The number of aliphatic hydroxyl groups excluding tert-OH is 2. The monoisotopic (exact) mass is 956 g/mol. The highest BCUT2D eigenvalue weighted by molar-refractivity contribution is 7.46. The fourth-order valence-electron chi connectivity index (χ4n) is 12.2. The summed E-state index contributed by atoms with van der Waals surface area (Å²) in [6.45, 7) is 5.97. The maximum atomic E-state index is 17.9. The summed E-state index contributed by atoms with van der Waals surface area (Å²) in [5, 5.41) is 36.3. The fraction of sp³-hybridized carbons (Fsp3) is 0.538. The van der Waals surface area contributed by atoms with Crippen LogP contribution in [0.2, 0.25) is 0 Å². The number of nitriles is 1. The molecule has 8 rings (SSSR count). The van der Waals surface area contributed by atoms with Crippen LogP contribution in [0.5, 0.6) is 5.75 Å². The van der Waals surface area contributed by atoms with Crippen molar-refractivity contribution in [1.82, 2.24) is 5.32 Å². The van der Waals surface area contributed by atoms with Crippen LogP contribution in [0.1, 0.15) is 114 Å². The highest BCUT2D eigenvalue weighted by atomic mass is 31.2. The zero-order valence-corrected chi connectivity index (χ0v) is 39.7. The number of fused-ring (bicyclic) bond motifs is 7. The van der Waals surface area contributed by atoms with E-state index in [0.29, 0.717) is 36.1 Å². The highest BCUT2D eigenvalue weighted by Gasteiger charge is 2.79. The fourth-order valence-corrected chi connectivity index (χ4v) is 12.6. The molecule has 0 radical (unpaired) electrons. The van der Waals surface area contributed by atoms with E-state index in [-0.39, 0.29) is 36.6 Å². The summed E-state index contributed by atoms with van der Waals surface area (Å²) in [5.41, 5.74) is -3.21. The minimum atomic E-state index is -5.03. The maximum absolute atomic E-state index is 17.9. The van der Waals surface area contributed by atoms with Gasteiger partial charge in [0.25, 0.3) is 5.69 Å². The Balaban J connectivity index is 0.920. The average molecular weight is 957 g/mol. The molecule has 1 aromatic heterocycles. The van der Waals surface area contributed by atoms with E-state index in [1.165, 1.54) is 29.8 Å². The summed E-state index contributed by atoms with van der Waals surface area (Å²) in [6.07, 6.45) is 10.5. The lowest BCUT2D eigenvalue weighted by Crippen LogP contribution is -2.69. The van der Waals surface area contributed by atoms with Crippen molar-refractivity contribution in [2.75, 3.05) is 26.3 Å². The van der Waals surface area contributed by atoms with Gasteiger partial charge in [0.05, 0.1) is 36.4 Å². The van der Waals surface area contributed by atoms with Gasteiger partial charge in [0, 0.05) is 48.6 Å². The van der Waals surface area contributed by atoms with Gasteiger partial charge in [-0.2, -0.15) is 9.83 Å². The number of rotatable bonds is 21. The number of carbonyl (C=O) groups excluding carboxylic acids is 2. The number of ketones is 2. The Morgan fingerprint density at radius 2 is 1.81 bits per heavy atom. The summed E-state index contributed by atoms with van der Waals surface area (Å²) in [5.74, 6) is -2.11. The summed E-state index contributed by atoms with van der Waals surface area (Å²) in [6, 6.07) is 20.3. The molecule has 16 heteroatoms. The van der Waals surface area contributed by atoms with Crippen LogP contribution >= 0.6 is 7.82 Å². The number of aliphatic hydroxyl groups is 2. The number of allylic oxidation sites excluding steroid dienone is 4. The van der Waals surface area contributed by atoms with E-state index in [1.807, 2.05) is 19.1 Å². The van der Waals surface area contributed by atoms with Crippen molar-refractivity contribution in [2.45, 2.75) is 127 Å². The lowest BCUT2D eigenvalue weighted by atomic mass is 9.44. The molecular weight excluding hydrogens is 893 g/mol. The molecule has 364 valence electrons. The van der Waals surface area contributed by atoms with Gasteiger partial charge in [-0.05, 0) is 113 Å².